The van der Waals surface area contributed by atoms with E-state index in [0.717, 1.165) is 42.5 Å². The van der Waals surface area contributed by atoms with Gasteiger partial charge in [-0.3, -0.25) is 14.2 Å². The third-order valence-corrected chi connectivity index (χ3v) is 6.83. The van der Waals surface area contributed by atoms with Gasteiger partial charge in [0.25, 0.3) is 5.56 Å². The van der Waals surface area contributed by atoms with Gasteiger partial charge in [-0.15, -0.1) is 0 Å². The van der Waals surface area contributed by atoms with Crippen molar-refractivity contribution in [3.05, 3.63) is 69.8 Å². The maximum absolute atomic E-state index is 13.7. The van der Waals surface area contributed by atoms with Crippen molar-refractivity contribution in [2.45, 2.75) is 65.8 Å². The highest BCUT2D eigenvalue weighted by Gasteiger charge is 2.31. The van der Waals surface area contributed by atoms with Gasteiger partial charge in [0.05, 0.1) is 22.6 Å². The molecule has 1 aromatic heterocycles. The van der Waals surface area contributed by atoms with Crippen molar-refractivity contribution in [1.82, 2.24) is 14.5 Å². The summed E-state index contributed by atoms with van der Waals surface area (Å²) in [5.41, 5.74) is 3.49. The van der Waals surface area contributed by atoms with E-state index in [2.05, 4.69) is 0 Å². The number of amides is 1. The van der Waals surface area contributed by atoms with Gasteiger partial charge in [0.1, 0.15) is 5.82 Å². The Kier molecular flexibility index (Phi) is 6.45. The molecule has 1 atom stereocenters. The maximum atomic E-state index is 13.7. The van der Waals surface area contributed by atoms with E-state index >= 15 is 0 Å². The van der Waals surface area contributed by atoms with Crippen LogP contribution in [0, 0.1) is 19.8 Å². The van der Waals surface area contributed by atoms with Crippen LogP contribution < -0.4 is 5.56 Å². The lowest BCUT2D eigenvalue weighted by Gasteiger charge is -2.33. The molecule has 1 aliphatic carbocycles. The van der Waals surface area contributed by atoms with E-state index in [1.165, 1.54) is 6.42 Å². The van der Waals surface area contributed by atoms with Crippen LogP contribution in [0.5, 0.6) is 0 Å². The molecule has 0 saturated heterocycles. The molecule has 32 heavy (non-hydrogen) atoms. The first kappa shape index (κ1) is 22.3. The summed E-state index contributed by atoms with van der Waals surface area (Å²) in [6.07, 6.45) is 5.35. The SMILES string of the molecule is CCN(C(=O)C1CCCCC1)C(C)c1nc2ccccc2c(=O)n1-c1cc(C)ccc1C. The molecule has 0 N–H and O–H groups in total. The molecule has 168 valence electrons. The summed E-state index contributed by atoms with van der Waals surface area (Å²) in [6, 6.07) is 13.3. The van der Waals surface area contributed by atoms with Crippen molar-refractivity contribution >= 4 is 16.8 Å². The lowest BCUT2D eigenvalue weighted by Crippen LogP contribution is -2.41. The second-order valence-electron chi connectivity index (χ2n) is 9.05. The number of carbonyl (C=O) groups is 1. The Morgan fingerprint density at radius 2 is 1.84 bits per heavy atom. The summed E-state index contributed by atoms with van der Waals surface area (Å²) in [5, 5.41) is 0.589. The van der Waals surface area contributed by atoms with Gasteiger partial charge in [-0.1, -0.05) is 43.5 Å². The average Bonchev–Trinajstić information content (AvgIpc) is 2.81. The molecule has 0 bridgehead atoms. The smallest absolute Gasteiger partial charge is 0.266 e. The molecule has 1 saturated carbocycles. The first-order chi connectivity index (χ1) is 15.4. The molecule has 5 heteroatoms. The molecule has 3 aromatic rings. The highest BCUT2D eigenvalue weighted by atomic mass is 16.2. The number of benzene rings is 2. The molecule has 1 unspecified atom stereocenters. The van der Waals surface area contributed by atoms with Crippen molar-refractivity contribution in [2.75, 3.05) is 6.54 Å². The van der Waals surface area contributed by atoms with E-state index in [1.54, 1.807) is 4.57 Å². The second kappa shape index (κ2) is 9.27. The monoisotopic (exact) mass is 431 g/mol. The van der Waals surface area contributed by atoms with Gasteiger partial charge in [-0.05, 0) is 69.9 Å². The van der Waals surface area contributed by atoms with Crippen LogP contribution in [0.25, 0.3) is 16.6 Å². The van der Waals surface area contributed by atoms with Crippen molar-refractivity contribution in [3.8, 4) is 5.69 Å². The molecule has 1 aliphatic rings. The summed E-state index contributed by atoms with van der Waals surface area (Å²) < 4.78 is 1.73. The zero-order valence-corrected chi connectivity index (χ0v) is 19.6. The Hall–Kier alpha value is -2.95. The van der Waals surface area contributed by atoms with Crippen LogP contribution in [-0.4, -0.2) is 26.9 Å². The van der Waals surface area contributed by atoms with Crippen molar-refractivity contribution in [1.29, 1.82) is 0 Å². The number of fused-ring (bicyclic) bond motifs is 1. The lowest BCUT2D eigenvalue weighted by atomic mass is 9.88. The van der Waals surface area contributed by atoms with Gasteiger partial charge in [0.2, 0.25) is 5.91 Å². The van der Waals surface area contributed by atoms with E-state index < -0.39 is 0 Å². The van der Waals surface area contributed by atoms with Crippen LogP contribution in [0.3, 0.4) is 0 Å². The molecule has 0 radical (unpaired) electrons. The number of aromatic nitrogens is 2. The maximum Gasteiger partial charge on any atom is 0.266 e. The van der Waals surface area contributed by atoms with Crippen molar-refractivity contribution < 1.29 is 4.79 Å². The summed E-state index contributed by atoms with van der Waals surface area (Å²) in [6.45, 7) is 8.64. The summed E-state index contributed by atoms with van der Waals surface area (Å²) in [5.74, 6) is 0.885. The first-order valence-corrected chi connectivity index (χ1v) is 11.8. The minimum Gasteiger partial charge on any atom is -0.333 e. The molecule has 2 aromatic carbocycles. The molecule has 5 nitrogen and oxygen atoms in total. The predicted molar refractivity (Wildman–Crippen MR) is 129 cm³/mol. The second-order valence-corrected chi connectivity index (χ2v) is 9.05. The number of hydrogen-bond donors (Lipinski definition) is 0. The minimum absolute atomic E-state index is 0.0764. The van der Waals surface area contributed by atoms with Crippen molar-refractivity contribution in [2.24, 2.45) is 5.92 Å². The van der Waals surface area contributed by atoms with Gasteiger partial charge < -0.3 is 4.90 Å². The largest absolute Gasteiger partial charge is 0.333 e. The van der Waals surface area contributed by atoms with Crippen LogP contribution in [0.2, 0.25) is 0 Å². The van der Waals surface area contributed by atoms with E-state index in [4.69, 9.17) is 4.98 Å². The highest BCUT2D eigenvalue weighted by Crippen LogP contribution is 2.30. The Balaban J connectivity index is 1.89. The molecule has 1 amide bonds. The fourth-order valence-electron chi connectivity index (χ4n) is 4.97. The van der Waals surface area contributed by atoms with Crippen LogP contribution in [0.15, 0.2) is 47.3 Å². The first-order valence-electron chi connectivity index (χ1n) is 11.8. The molecule has 1 fully saturated rings. The fourth-order valence-corrected chi connectivity index (χ4v) is 4.97. The van der Waals surface area contributed by atoms with E-state index in [0.29, 0.717) is 23.3 Å². The van der Waals surface area contributed by atoms with Gasteiger partial charge >= 0.3 is 0 Å². The zero-order valence-electron chi connectivity index (χ0n) is 19.6. The van der Waals surface area contributed by atoms with Gasteiger partial charge in [-0.2, -0.15) is 0 Å². The Bertz CT molecular complexity index is 1190. The third-order valence-electron chi connectivity index (χ3n) is 6.83. The van der Waals surface area contributed by atoms with Crippen LogP contribution in [0.1, 0.15) is 68.9 Å². The summed E-state index contributed by atoms with van der Waals surface area (Å²) >= 11 is 0. The topological polar surface area (TPSA) is 55.2 Å². The Morgan fingerprint density at radius 1 is 1.12 bits per heavy atom. The summed E-state index contributed by atoms with van der Waals surface area (Å²) in [4.78, 5) is 34.1. The van der Waals surface area contributed by atoms with E-state index in [9.17, 15) is 9.59 Å². The number of aryl methyl sites for hydroxylation is 2. The highest BCUT2D eigenvalue weighted by molar-refractivity contribution is 5.80. The van der Waals surface area contributed by atoms with E-state index in [-0.39, 0.29) is 23.4 Å². The molecule has 1 heterocycles. The third kappa shape index (κ3) is 4.08. The minimum atomic E-state index is -0.313. The molecular weight excluding hydrogens is 398 g/mol. The van der Waals surface area contributed by atoms with Crippen molar-refractivity contribution in [3.63, 3.8) is 0 Å². The predicted octanol–water partition coefficient (Wildman–Crippen LogP) is 5.49. The lowest BCUT2D eigenvalue weighted by molar-refractivity contribution is -0.138. The fraction of sp³-hybridized carbons (Fsp3) is 0.444. The summed E-state index contributed by atoms with van der Waals surface area (Å²) in [7, 11) is 0. The van der Waals surface area contributed by atoms with Gasteiger partial charge in [-0.25, -0.2) is 4.98 Å². The number of hydrogen-bond acceptors (Lipinski definition) is 3. The van der Waals surface area contributed by atoms with E-state index in [1.807, 2.05) is 75.1 Å². The number of rotatable bonds is 5. The normalized spacial score (nSPS) is 15.6. The average molecular weight is 432 g/mol. The molecular formula is C27H33N3O2. The number of nitrogens with zero attached hydrogens (tertiary/aromatic N) is 3. The molecule has 0 aliphatic heterocycles. The van der Waals surface area contributed by atoms with Crippen LogP contribution in [-0.2, 0) is 4.79 Å². The Morgan fingerprint density at radius 3 is 2.56 bits per heavy atom. The Labute approximate surface area is 190 Å². The van der Waals surface area contributed by atoms with Gasteiger partial charge in [0, 0.05) is 12.5 Å². The number of para-hydroxylation sites is 1. The standard InChI is InChI=1S/C27H33N3O2/c1-5-29(26(31)21-11-7-6-8-12-21)20(4)25-28-23-14-10-9-13-22(23)27(32)30(25)24-17-18(2)15-16-19(24)3/h9-10,13-17,20-21H,5-8,11-12H2,1-4H3. The zero-order chi connectivity index (χ0) is 22.8. The van der Waals surface area contributed by atoms with Crippen LogP contribution >= 0.6 is 0 Å². The molecule has 4 rings (SSSR count). The number of carbonyl (C=O) groups excluding carboxylic acids is 1. The molecule has 0 spiro atoms. The van der Waals surface area contributed by atoms with Crippen LogP contribution in [0.4, 0.5) is 0 Å². The quantitative estimate of drug-likeness (QED) is 0.537. The van der Waals surface area contributed by atoms with Gasteiger partial charge in [0.15, 0.2) is 0 Å².